The Morgan fingerprint density at radius 1 is 1.11 bits per heavy atom. The number of benzene rings is 1. The van der Waals surface area contributed by atoms with E-state index in [9.17, 15) is 4.79 Å². The molecule has 3 aromatic rings. The van der Waals surface area contributed by atoms with Crippen molar-refractivity contribution in [3.8, 4) is 0 Å². The first-order chi connectivity index (χ1) is 13.0. The summed E-state index contributed by atoms with van der Waals surface area (Å²) in [5.41, 5.74) is 4.31. The van der Waals surface area contributed by atoms with E-state index in [1.54, 1.807) is 22.2 Å². The van der Waals surface area contributed by atoms with Crippen molar-refractivity contribution in [3.63, 3.8) is 0 Å². The van der Waals surface area contributed by atoms with Crippen LogP contribution in [0.1, 0.15) is 41.5 Å². The van der Waals surface area contributed by atoms with Crippen LogP contribution in [0.15, 0.2) is 24.4 Å². The summed E-state index contributed by atoms with van der Waals surface area (Å²) >= 11 is 1.74. The lowest BCUT2D eigenvalue weighted by molar-refractivity contribution is 0.0732. The number of thiazole rings is 1. The molecule has 0 saturated carbocycles. The molecule has 2 aromatic heterocycles. The normalized spacial score (nSPS) is 15.1. The highest BCUT2D eigenvalue weighted by molar-refractivity contribution is 7.22. The van der Waals surface area contributed by atoms with Crippen molar-refractivity contribution < 1.29 is 4.79 Å². The van der Waals surface area contributed by atoms with Gasteiger partial charge in [0.1, 0.15) is 5.69 Å². The number of nitrogens with zero attached hydrogens (tertiary/aromatic N) is 5. The fourth-order valence-electron chi connectivity index (χ4n) is 3.51. The van der Waals surface area contributed by atoms with E-state index in [-0.39, 0.29) is 11.9 Å². The molecule has 1 aliphatic heterocycles. The van der Waals surface area contributed by atoms with Crippen LogP contribution in [0.4, 0.5) is 5.13 Å². The molecule has 0 aliphatic carbocycles. The summed E-state index contributed by atoms with van der Waals surface area (Å²) in [5, 5.41) is 5.34. The van der Waals surface area contributed by atoms with Gasteiger partial charge in [-0.15, -0.1) is 0 Å². The fraction of sp³-hybridized carbons (Fsp3) is 0.450. The Morgan fingerprint density at radius 3 is 2.56 bits per heavy atom. The second-order valence-corrected chi connectivity index (χ2v) is 8.39. The number of fused-ring (bicyclic) bond motifs is 1. The first-order valence-corrected chi connectivity index (χ1v) is 10.2. The molecule has 142 valence electrons. The lowest BCUT2D eigenvalue weighted by Crippen LogP contribution is -2.49. The van der Waals surface area contributed by atoms with Gasteiger partial charge in [-0.3, -0.25) is 9.48 Å². The van der Waals surface area contributed by atoms with E-state index in [1.165, 1.54) is 15.8 Å². The number of aryl methyl sites for hydroxylation is 2. The third-order valence-corrected chi connectivity index (χ3v) is 6.37. The molecule has 0 N–H and O–H groups in total. The molecule has 6 nitrogen and oxygen atoms in total. The SMILES string of the molecule is Cc1ccc2sc(N3CCN(C(=O)c4ccnn4C(C)C)CC3)nc2c1C. The minimum atomic E-state index is 0.0663. The van der Waals surface area contributed by atoms with Gasteiger partial charge in [0.25, 0.3) is 5.91 Å². The van der Waals surface area contributed by atoms with E-state index in [4.69, 9.17) is 4.98 Å². The van der Waals surface area contributed by atoms with E-state index < -0.39 is 0 Å². The molecule has 0 atom stereocenters. The third kappa shape index (κ3) is 3.20. The molecule has 0 radical (unpaired) electrons. The topological polar surface area (TPSA) is 54.3 Å². The molecule has 1 fully saturated rings. The monoisotopic (exact) mass is 383 g/mol. The predicted octanol–water partition coefficient (Wildman–Crippen LogP) is 3.65. The molecular weight excluding hydrogens is 358 g/mol. The highest BCUT2D eigenvalue weighted by Gasteiger charge is 2.26. The quantitative estimate of drug-likeness (QED) is 0.693. The largest absolute Gasteiger partial charge is 0.345 e. The number of hydrogen-bond acceptors (Lipinski definition) is 5. The van der Waals surface area contributed by atoms with Crippen LogP contribution in [0, 0.1) is 13.8 Å². The van der Waals surface area contributed by atoms with Crippen LogP contribution in [-0.4, -0.2) is 51.8 Å². The van der Waals surface area contributed by atoms with Crippen molar-refractivity contribution in [1.82, 2.24) is 19.7 Å². The van der Waals surface area contributed by atoms with Crippen LogP contribution >= 0.6 is 11.3 Å². The molecule has 4 rings (SSSR count). The van der Waals surface area contributed by atoms with Gasteiger partial charge in [0, 0.05) is 38.4 Å². The molecule has 7 heteroatoms. The van der Waals surface area contributed by atoms with Crippen molar-refractivity contribution in [2.75, 3.05) is 31.1 Å². The molecule has 1 saturated heterocycles. The highest BCUT2D eigenvalue weighted by atomic mass is 32.1. The Morgan fingerprint density at radius 2 is 1.85 bits per heavy atom. The number of hydrogen-bond donors (Lipinski definition) is 0. The zero-order chi connectivity index (χ0) is 19.1. The van der Waals surface area contributed by atoms with Crippen LogP contribution < -0.4 is 4.90 Å². The molecule has 1 aliphatic rings. The molecule has 0 bridgehead atoms. The second kappa shape index (κ2) is 6.96. The second-order valence-electron chi connectivity index (χ2n) is 7.38. The Hall–Kier alpha value is -2.41. The van der Waals surface area contributed by atoms with Gasteiger partial charge in [-0.2, -0.15) is 5.10 Å². The predicted molar refractivity (Wildman–Crippen MR) is 110 cm³/mol. The zero-order valence-electron chi connectivity index (χ0n) is 16.3. The van der Waals surface area contributed by atoms with E-state index in [2.05, 4.69) is 36.0 Å². The Bertz CT molecular complexity index is 982. The Kier molecular flexibility index (Phi) is 4.63. The first kappa shape index (κ1) is 18.0. The molecule has 1 aromatic carbocycles. The van der Waals surface area contributed by atoms with Crippen molar-refractivity contribution in [1.29, 1.82) is 0 Å². The zero-order valence-corrected chi connectivity index (χ0v) is 17.1. The van der Waals surface area contributed by atoms with Gasteiger partial charge < -0.3 is 9.80 Å². The molecule has 3 heterocycles. The van der Waals surface area contributed by atoms with Crippen LogP contribution in [0.2, 0.25) is 0 Å². The molecule has 0 unspecified atom stereocenters. The number of piperazine rings is 1. The van der Waals surface area contributed by atoms with Gasteiger partial charge in [-0.25, -0.2) is 4.98 Å². The van der Waals surface area contributed by atoms with Crippen molar-refractivity contribution in [2.24, 2.45) is 0 Å². The average molecular weight is 384 g/mol. The standard InChI is InChI=1S/C20H25N5OS/c1-13(2)25-16(7-8-21-25)19(26)23-9-11-24(12-10-23)20-22-18-15(4)14(3)5-6-17(18)27-20/h5-8,13H,9-12H2,1-4H3. The van der Waals surface area contributed by atoms with E-state index in [0.717, 1.165) is 23.7 Å². The molecular formula is C20H25N5OS. The van der Waals surface area contributed by atoms with E-state index in [0.29, 0.717) is 18.8 Å². The first-order valence-electron chi connectivity index (χ1n) is 9.40. The number of amides is 1. The summed E-state index contributed by atoms with van der Waals surface area (Å²) in [6.45, 7) is 11.4. The smallest absolute Gasteiger partial charge is 0.272 e. The molecule has 27 heavy (non-hydrogen) atoms. The number of rotatable bonds is 3. The summed E-state index contributed by atoms with van der Waals surface area (Å²) in [4.78, 5) is 22.0. The van der Waals surface area contributed by atoms with E-state index >= 15 is 0 Å². The Labute approximate surface area is 163 Å². The van der Waals surface area contributed by atoms with E-state index in [1.807, 2.05) is 24.8 Å². The fourth-order valence-corrected chi connectivity index (χ4v) is 4.58. The van der Waals surface area contributed by atoms with Crippen LogP contribution in [0.5, 0.6) is 0 Å². The number of carbonyl (C=O) groups is 1. The van der Waals surface area contributed by atoms with Gasteiger partial charge >= 0.3 is 0 Å². The lowest BCUT2D eigenvalue weighted by atomic mass is 10.1. The number of aromatic nitrogens is 3. The number of carbonyl (C=O) groups excluding carboxylic acids is 1. The van der Waals surface area contributed by atoms with Gasteiger partial charge in [-0.1, -0.05) is 17.4 Å². The maximum absolute atomic E-state index is 12.9. The summed E-state index contributed by atoms with van der Waals surface area (Å²) in [6.07, 6.45) is 1.70. The summed E-state index contributed by atoms with van der Waals surface area (Å²) in [7, 11) is 0. The maximum Gasteiger partial charge on any atom is 0.272 e. The van der Waals surface area contributed by atoms with Gasteiger partial charge in [-0.05, 0) is 51.0 Å². The summed E-state index contributed by atoms with van der Waals surface area (Å²) in [6, 6.07) is 6.31. The third-order valence-electron chi connectivity index (χ3n) is 5.29. The summed E-state index contributed by atoms with van der Waals surface area (Å²) < 4.78 is 3.03. The molecule has 1 amide bonds. The van der Waals surface area contributed by atoms with Crippen molar-refractivity contribution in [2.45, 2.75) is 33.7 Å². The van der Waals surface area contributed by atoms with Gasteiger partial charge in [0.2, 0.25) is 0 Å². The maximum atomic E-state index is 12.9. The van der Waals surface area contributed by atoms with Gasteiger partial charge in [0.15, 0.2) is 5.13 Å². The van der Waals surface area contributed by atoms with Crippen molar-refractivity contribution >= 4 is 32.6 Å². The number of anilines is 1. The average Bonchev–Trinajstić information content (AvgIpc) is 3.32. The highest BCUT2D eigenvalue weighted by Crippen LogP contribution is 2.32. The Balaban J connectivity index is 1.48. The molecule has 0 spiro atoms. The van der Waals surface area contributed by atoms with Crippen LogP contribution in [0.3, 0.4) is 0 Å². The van der Waals surface area contributed by atoms with Gasteiger partial charge in [0.05, 0.1) is 10.2 Å². The van der Waals surface area contributed by atoms with Crippen LogP contribution in [0.25, 0.3) is 10.2 Å². The lowest BCUT2D eigenvalue weighted by Gasteiger charge is -2.34. The minimum Gasteiger partial charge on any atom is -0.345 e. The minimum absolute atomic E-state index is 0.0663. The van der Waals surface area contributed by atoms with Crippen LogP contribution in [-0.2, 0) is 0 Å². The summed E-state index contributed by atoms with van der Waals surface area (Å²) in [5.74, 6) is 0.0663. The van der Waals surface area contributed by atoms with Crippen molar-refractivity contribution in [3.05, 3.63) is 41.2 Å².